The molecule has 4 rings (SSSR count). The number of alkyl halides is 3. The fourth-order valence-electron chi connectivity index (χ4n) is 3.39. The van der Waals surface area contributed by atoms with Crippen LogP contribution in [0.15, 0.2) is 65.1 Å². The predicted octanol–water partition coefficient (Wildman–Crippen LogP) is 6.09. The number of ether oxygens (including phenoxy) is 1. The van der Waals surface area contributed by atoms with Crippen LogP contribution in [0.2, 0.25) is 5.02 Å². The Labute approximate surface area is 218 Å². The van der Waals surface area contributed by atoms with E-state index < -0.39 is 16.8 Å². The standard InChI is InChI=1S/C25H17ClF3N5O2S/c1-14-19(7-16-10-31-13-32-11-16)23(35)34-24(33-14)37-12-15-2-5-22(17(6-15)9-30)36-18-3-4-21(26)20(8-18)25(27,28)29/h2-6,8,10-11,13H,7,12H2,1H3,(H,33,34,35). The highest BCUT2D eigenvalue weighted by Crippen LogP contribution is 2.38. The number of aromatic amines is 1. The predicted molar refractivity (Wildman–Crippen MR) is 132 cm³/mol. The van der Waals surface area contributed by atoms with E-state index in [1.54, 1.807) is 31.5 Å². The summed E-state index contributed by atoms with van der Waals surface area (Å²) in [5.74, 6) is 0.376. The zero-order valence-electron chi connectivity index (χ0n) is 19.1. The van der Waals surface area contributed by atoms with Gasteiger partial charge < -0.3 is 9.72 Å². The maximum absolute atomic E-state index is 13.1. The van der Waals surface area contributed by atoms with E-state index in [1.807, 2.05) is 6.07 Å². The van der Waals surface area contributed by atoms with Crippen molar-refractivity contribution >= 4 is 23.4 Å². The molecule has 0 aliphatic rings. The molecule has 4 aromatic rings. The van der Waals surface area contributed by atoms with Gasteiger partial charge in [-0.15, -0.1) is 0 Å². The first-order chi connectivity index (χ1) is 17.6. The molecular formula is C25H17ClF3N5O2S. The number of thioether (sulfide) groups is 1. The van der Waals surface area contributed by atoms with Crippen LogP contribution in [-0.4, -0.2) is 19.9 Å². The molecular weight excluding hydrogens is 527 g/mol. The van der Waals surface area contributed by atoms with Gasteiger partial charge in [-0.3, -0.25) is 4.79 Å². The fourth-order valence-corrected chi connectivity index (χ4v) is 4.47. The molecule has 0 aliphatic carbocycles. The number of aryl methyl sites for hydroxylation is 1. The first-order valence-corrected chi connectivity index (χ1v) is 12.0. The highest BCUT2D eigenvalue weighted by Gasteiger charge is 2.33. The second kappa shape index (κ2) is 11.0. The minimum absolute atomic E-state index is 0.100. The first kappa shape index (κ1) is 26.2. The lowest BCUT2D eigenvalue weighted by atomic mass is 10.1. The number of rotatable bonds is 7. The number of hydrogen-bond donors (Lipinski definition) is 1. The summed E-state index contributed by atoms with van der Waals surface area (Å²) in [6, 6.07) is 9.91. The van der Waals surface area contributed by atoms with Gasteiger partial charge in [0.2, 0.25) is 0 Å². The van der Waals surface area contributed by atoms with E-state index in [1.165, 1.54) is 30.2 Å². The number of nitrogens with zero attached hydrogens (tertiary/aromatic N) is 4. The van der Waals surface area contributed by atoms with Gasteiger partial charge in [-0.05, 0) is 48.4 Å². The minimum Gasteiger partial charge on any atom is -0.456 e. The molecule has 12 heteroatoms. The second-order valence-corrected chi connectivity index (χ2v) is 9.20. The lowest BCUT2D eigenvalue weighted by Gasteiger charge is -2.13. The summed E-state index contributed by atoms with van der Waals surface area (Å²) in [4.78, 5) is 27.8. The Morgan fingerprint density at radius 1 is 1.14 bits per heavy atom. The van der Waals surface area contributed by atoms with Crippen molar-refractivity contribution in [2.75, 3.05) is 0 Å². The van der Waals surface area contributed by atoms with Crippen molar-refractivity contribution in [1.82, 2.24) is 19.9 Å². The van der Waals surface area contributed by atoms with Crippen LogP contribution in [0, 0.1) is 18.3 Å². The van der Waals surface area contributed by atoms with Crippen LogP contribution in [0.3, 0.4) is 0 Å². The molecule has 0 bridgehead atoms. The fraction of sp³-hybridized carbons (Fsp3) is 0.160. The molecule has 0 fully saturated rings. The summed E-state index contributed by atoms with van der Waals surface area (Å²) in [7, 11) is 0. The highest BCUT2D eigenvalue weighted by molar-refractivity contribution is 7.98. The van der Waals surface area contributed by atoms with E-state index in [2.05, 4.69) is 19.9 Å². The van der Waals surface area contributed by atoms with Crippen LogP contribution in [0.25, 0.3) is 0 Å². The van der Waals surface area contributed by atoms with Gasteiger partial charge in [-0.1, -0.05) is 29.4 Å². The summed E-state index contributed by atoms with van der Waals surface area (Å²) >= 11 is 6.92. The quantitative estimate of drug-likeness (QED) is 0.222. The number of nitriles is 1. The molecule has 2 heterocycles. The van der Waals surface area contributed by atoms with Crippen molar-refractivity contribution in [3.63, 3.8) is 0 Å². The highest BCUT2D eigenvalue weighted by atomic mass is 35.5. The molecule has 0 atom stereocenters. The number of aromatic nitrogens is 4. The van der Waals surface area contributed by atoms with Crippen LogP contribution >= 0.6 is 23.4 Å². The van der Waals surface area contributed by atoms with Gasteiger partial charge in [0.15, 0.2) is 5.16 Å². The van der Waals surface area contributed by atoms with E-state index in [0.717, 1.165) is 23.3 Å². The summed E-state index contributed by atoms with van der Waals surface area (Å²) in [6.45, 7) is 1.75. The van der Waals surface area contributed by atoms with Crippen molar-refractivity contribution in [3.05, 3.63) is 104 Å². The normalized spacial score (nSPS) is 11.2. The average molecular weight is 544 g/mol. The van der Waals surface area contributed by atoms with E-state index in [4.69, 9.17) is 16.3 Å². The summed E-state index contributed by atoms with van der Waals surface area (Å²) in [6.07, 6.45) is 0.395. The van der Waals surface area contributed by atoms with E-state index in [-0.39, 0.29) is 22.6 Å². The monoisotopic (exact) mass is 543 g/mol. The van der Waals surface area contributed by atoms with Gasteiger partial charge >= 0.3 is 6.18 Å². The smallest absolute Gasteiger partial charge is 0.417 e. The molecule has 0 saturated heterocycles. The van der Waals surface area contributed by atoms with Crippen molar-refractivity contribution in [1.29, 1.82) is 5.26 Å². The van der Waals surface area contributed by atoms with Gasteiger partial charge in [-0.2, -0.15) is 18.4 Å². The van der Waals surface area contributed by atoms with Crippen LogP contribution < -0.4 is 10.3 Å². The number of benzene rings is 2. The van der Waals surface area contributed by atoms with Crippen molar-refractivity contribution in [2.24, 2.45) is 0 Å². The SMILES string of the molecule is Cc1nc(SCc2ccc(Oc3ccc(Cl)c(C(F)(F)F)c3)c(C#N)c2)[nH]c(=O)c1Cc1cncnc1. The molecule has 0 amide bonds. The van der Waals surface area contributed by atoms with Gasteiger partial charge in [-0.25, -0.2) is 15.0 Å². The molecule has 37 heavy (non-hydrogen) atoms. The molecule has 0 saturated carbocycles. The zero-order valence-corrected chi connectivity index (χ0v) is 20.7. The molecule has 2 aromatic heterocycles. The molecule has 7 nitrogen and oxygen atoms in total. The Hall–Kier alpha value is -3.88. The molecule has 188 valence electrons. The Morgan fingerprint density at radius 3 is 2.57 bits per heavy atom. The number of hydrogen-bond acceptors (Lipinski definition) is 7. The van der Waals surface area contributed by atoms with E-state index in [0.29, 0.717) is 28.6 Å². The zero-order chi connectivity index (χ0) is 26.6. The molecule has 0 spiro atoms. The number of halogens is 4. The summed E-state index contributed by atoms with van der Waals surface area (Å²) in [5, 5.41) is 9.52. The topological polar surface area (TPSA) is 105 Å². The molecule has 0 unspecified atom stereocenters. The largest absolute Gasteiger partial charge is 0.456 e. The molecule has 1 N–H and O–H groups in total. The Balaban J connectivity index is 1.48. The van der Waals surface area contributed by atoms with Gasteiger partial charge in [0, 0.05) is 35.8 Å². The number of H-pyrrole nitrogens is 1. The lowest BCUT2D eigenvalue weighted by molar-refractivity contribution is -0.137. The van der Waals surface area contributed by atoms with Gasteiger partial charge in [0.25, 0.3) is 5.56 Å². The van der Waals surface area contributed by atoms with Crippen LogP contribution in [0.4, 0.5) is 13.2 Å². The van der Waals surface area contributed by atoms with Gasteiger partial charge in [0.05, 0.1) is 16.1 Å². The Kier molecular flexibility index (Phi) is 7.80. The van der Waals surface area contributed by atoms with Crippen LogP contribution in [0.1, 0.15) is 33.5 Å². The maximum Gasteiger partial charge on any atom is 0.417 e. The summed E-state index contributed by atoms with van der Waals surface area (Å²) < 4.78 is 44.9. The van der Waals surface area contributed by atoms with Crippen LogP contribution in [0.5, 0.6) is 11.5 Å². The molecule has 0 radical (unpaired) electrons. The minimum atomic E-state index is -4.64. The lowest BCUT2D eigenvalue weighted by Crippen LogP contribution is -2.17. The third-order valence-electron chi connectivity index (χ3n) is 5.21. The third kappa shape index (κ3) is 6.47. The molecule has 2 aromatic carbocycles. The Morgan fingerprint density at radius 2 is 1.89 bits per heavy atom. The number of nitrogens with one attached hydrogen (secondary N) is 1. The third-order valence-corrected chi connectivity index (χ3v) is 6.48. The summed E-state index contributed by atoms with van der Waals surface area (Å²) in [5.41, 5.74) is 1.46. The molecule has 0 aliphatic heterocycles. The Bertz CT molecular complexity index is 1540. The van der Waals surface area contributed by atoms with Gasteiger partial charge in [0.1, 0.15) is 23.9 Å². The van der Waals surface area contributed by atoms with Crippen LogP contribution in [-0.2, 0) is 18.3 Å². The maximum atomic E-state index is 13.1. The van der Waals surface area contributed by atoms with Crippen molar-refractivity contribution in [2.45, 2.75) is 30.4 Å². The van der Waals surface area contributed by atoms with Crippen molar-refractivity contribution in [3.8, 4) is 17.6 Å². The van der Waals surface area contributed by atoms with E-state index in [9.17, 15) is 23.2 Å². The second-order valence-electron chi connectivity index (χ2n) is 7.83. The first-order valence-electron chi connectivity index (χ1n) is 10.7. The van der Waals surface area contributed by atoms with Crippen molar-refractivity contribution < 1.29 is 17.9 Å². The van der Waals surface area contributed by atoms with E-state index >= 15 is 0 Å². The average Bonchev–Trinajstić information content (AvgIpc) is 2.86.